The van der Waals surface area contributed by atoms with Gasteiger partial charge in [0.1, 0.15) is 18.7 Å². The zero-order valence-electron chi connectivity index (χ0n) is 16.2. The van der Waals surface area contributed by atoms with E-state index < -0.39 is 43.4 Å². The largest absolute Gasteiger partial charge is 0.809 e. The third kappa shape index (κ3) is 6.56. The van der Waals surface area contributed by atoms with Gasteiger partial charge in [-0.05, 0) is 39.8 Å². The molecule has 0 aromatic heterocycles. The quantitative estimate of drug-likeness (QED) is 0.568. The molecule has 29 heavy (non-hydrogen) atoms. The molecule has 0 spiro atoms. The fourth-order valence-corrected chi connectivity index (χ4v) is 3.13. The summed E-state index contributed by atoms with van der Waals surface area (Å²) in [6.07, 6.45) is 0.384. The van der Waals surface area contributed by atoms with Crippen LogP contribution in [0.25, 0.3) is 0 Å². The van der Waals surface area contributed by atoms with Crippen molar-refractivity contribution in [3.05, 3.63) is 35.9 Å². The van der Waals surface area contributed by atoms with Gasteiger partial charge in [-0.3, -0.25) is 14.5 Å². The summed E-state index contributed by atoms with van der Waals surface area (Å²) in [5, 5.41) is 4.48. The zero-order chi connectivity index (χ0) is 21.6. The minimum absolute atomic E-state index is 0.0751. The number of benzene rings is 1. The monoisotopic (exact) mass is 425 g/mol. The van der Waals surface area contributed by atoms with Crippen LogP contribution in [0.15, 0.2) is 30.3 Å². The Labute approximate surface area is 168 Å². The van der Waals surface area contributed by atoms with Crippen LogP contribution < -0.4 is 20.4 Å². The summed E-state index contributed by atoms with van der Waals surface area (Å²) in [5.41, 5.74) is 0.814. The lowest BCUT2D eigenvalue weighted by atomic mass is 10.2. The summed E-state index contributed by atoms with van der Waals surface area (Å²) < 4.78 is 16.2. The van der Waals surface area contributed by atoms with Crippen LogP contribution >= 0.6 is 7.60 Å². The first kappa shape index (κ1) is 22.9. The van der Waals surface area contributed by atoms with Crippen LogP contribution in [0.2, 0.25) is 0 Å². The minimum atomic E-state index is -4.98. The molecule has 0 bridgehead atoms. The molecule has 0 radical (unpaired) electrons. The molecule has 3 amide bonds. The predicted molar refractivity (Wildman–Crippen MR) is 99.2 cm³/mol. The van der Waals surface area contributed by atoms with Crippen molar-refractivity contribution in [3.8, 4) is 0 Å². The molecule has 1 aliphatic heterocycles. The second kappa shape index (κ2) is 9.87. The molecule has 10 nitrogen and oxygen atoms in total. The number of nitrogens with one attached hydrogen (secondary N) is 2. The highest BCUT2D eigenvalue weighted by Gasteiger charge is 2.36. The van der Waals surface area contributed by atoms with Crippen LogP contribution in [0.5, 0.6) is 0 Å². The maximum absolute atomic E-state index is 12.5. The number of carbonyl (C=O) groups is 3. The van der Waals surface area contributed by atoms with Crippen molar-refractivity contribution in [2.75, 3.05) is 6.54 Å². The van der Waals surface area contributed by atoms with E-state index in [1.165, 1.54) is 11.8 Å². The number of carbonyl (C=O) groups excluding carboxylic acids is 3. The highest BCUT2D eigenvalue weighted by molar-refractivity contribution is 7.49. The fourth-order valence-electron chi connectivity index (χ4n) is 2.85. The second-order valence-corrected chi connectivity index (χ2v) is 8.70. The summed E-state index contributed by atoms with van der Waals surface area (Å²) >= 11 is 0. The molecule has 1 fully saturated rings. The minimum Gasteiger partial charge on any atom is -0.809 e. The van der Waals surface area contributed by atoms with Gasteiger partial charge in [0.2, 0.25) is 11.8 Å². The van der Waals surface area contributed by atoms with Crippen molar-refractivity contribution in [2.24, 2.45) is 0 Å². The highest BCUT2D eigenvalue weighted by atomic mass is 31.2. The predicted octanol–water partition coefficient (Wildman–Crippen LogP) is -0.332. The first-order valence-corrected chi connectivity index (χ1v) is 10.8. The molecule has 11 heteroatoms. The Morgan fingerprint density at radius 3 is 2.48 bits per heavy atom. The molecule has 0 unspecified atom stereocenters. The van der Waals surface area contributed by atoms with E-state index in [0.29, 0.717) is 19.4 Å². The van der Waals surface area contributed by atoms with Crippen LogP contribution in [0, 0.1) is 0 Å². The Morgan fingerprint density at radius 2 is 1.86 bits per heavy atom. The van der Waals surface area contributed by atoms with E-state index >= 15 is 0 Å². The molecule has 160 valence electrons. The van der Waals surface area contributed by atoms with Crippen molar-refractivity contribution >= 4 is 25.5 Å². The highest BCUT2D eigenvalue weighted by Crippen LogP contribution is 2.28. The lowest BCUT2D eigenvalue weighted by Crippen LogP contribution is -2.53. The summed E-state index contributed by atoms with van der Waals surface area (Å²) in [4.78, 5) is 60.0. The first-order valence-electron chi connectivity index (χ1n) is 9.19. The van der Waals surface area contributed by atoms with Crippen LogP contribution in [0.4, 0.5) is 4.79 Å². The van der Waals surface area contributed by atoms with Gasteiger partial charge in [0.15, 0.2) is 0 Å². The number of likely N-dealkylation sites (tertiary alicyclic amines) is 1. The zero-order valence-corrected chi connectivity index (χ0v) is 17.1. The molecular weight excluding hydrogens is 401 g/mol. The van der Waals surface area contributed by atoms with Gasteiger partial charge in [-0.1, -0.05) is 30.3 Å². The number of nitrogens with zero attached hydrogens (tertiary/aromatic N) is 1. The summed E-state index contributed by atoms with van der Waals surface area (Å²) in [5.74, 6) is -2.96. The van der Waals surface area contributed by atoms with Crippen molar-refractivity contribution in [1.82, 2.24) is 15.5 Å². The van der Waals surface area contributed by atoms with Gasteiger partial charge >= 0.3 is 6.09 Å². The smallest absolute Gasteiger partial charge is 0.410 e. The molecule has 0 saturated carbocycles. The number of rotatable bonds is 7. The van der Waals surface area contributed by atoms with Crippen molar-refractivity contribution in [3.63, 3.8) is 0 Å². The van der Waals surface area contributed by atoms with E-state index in [1.54, 1.807) is 0 Å². The lowest BCUT2D eigenvalue weighted by Gasteiger charge is -2.36. The van der Waals surface area contributed by atoms with E-state index in [9.17, 15) is 28.7 Å². The maximum Gasteiger partial charge on any atom is 0.410 e. The molecule has 1 aromatic rings. The molecule has 2 rings (SSSR count). The number of hydrogen-bond acceptors (Lipinski definition) is 7. The van der Waals surface area contributed by atoms with Gasteiger partial charge in [0.25, 0.3) is 0 Å². The Bertz CT molecular complexity index is 783. The maximum atomic E-state index is 12.5. The molecule has 1 heterocycles. The standard InChI is InChI=1S/C18H26N3O7P/c1-12(16(22)20-13(2)29(25,26)27)19-17(23)15-9-6-10-21(15)18(24)28-11-14-7-4-3-5-8-14/h3-5,7-8,12-13,15H,6,9-11H2,1-2H3,(H,19,23)(H,20,22)(H2,25,26,27)/p-2/t12-,13+,15-/m0/s1. The van der Waals surface area contributed by atoms with Gasteiger partial charge in [-0.15, -0.1) is 0 Å². The Kier molecular flexibility index (Phi) is 7.78. The number of amides is 3. The van der Waals surface area contributed by atoms with E-state index in [1.807, 2.05) is 35.6 Å². The fraction of sp³-hybridized carbons (Fsp3) is 0.500. The Balaban J connectivity index is 1.89. The molecule has 1 aromatic carbocycles. The van der Waals surface area contributed by atoms with E-state index in [0.717, 1.165) is 12.5 Å². The summed E-state index contributed by atoms with van der Waals surface area (Å²) in [6.45, 7) is 2.83. The number of ether oxygens (including phenoxy) is 1. The van der Waals surface area contributed by atoms with E-state index in [-0.39, 0.29) is 6.61 Å². The van der Waals surface area contributed by atoms with Gasteiger partial charge in [0, 0.05) is 6.54 Å². The van der Waals surface area contributed by atoms with Crippen molar-refractivity contribution < 1.29 is 33.5 Å². The molecular formula is C18H24N3O7P-2. The van der Waals surface area contributed by atoms with E-state index in [4.69, 9.17) is 4.74 Å². The SMILES string of the molecule is C[C@H](NC(=O)[C@@H]1CCCN1C(=O)OCc1ccccc1)C(=O)N[C@@H](C)P(=O)([O-])[O-]. The molecule has 1 aliphatic rings. The van der Waals surface area contributed by atoms with Gasteiger partial charge in [0.05, 0.1) is 5.78 Å². The first-order chi connectivity index (χ1) is 13.6. The summed E-state index contributed by atoms with van der Waals surface area (Å²) in [7, 11) is -4.98. The van der Waals surface area contributed by atoms with Gasteiger partial charge < -0.3 is 29.7 Å². The Morgan fingerprint density at radius 1 is 1.21 bits per heavy atom. The molecule has 2 N–H and O–H groups in total. The van der Waals surface area contributed by atoms with Gasteiger partial charge in [-0.25, -0.2) is 4.79 Å². The van der Waals surface area contributed by atoms with Crippen LogP contribution in [0.1, 0.15) is 32.3 Å². The topological polar surface area (TPSA) is 151 Å². The Hall–Kier alpha value is -2.42. The third-order valence-electron chi connectivity index (χ3n) is 4.57. The second-order valence-electron chi connectivity index (χ2n) is 6.85. The summed E-state index contributed by atoms with van der Waals surface area (Å²) in [6, 6.07) is 7.23. The molecule has 0 aliphatic carbocycles. The average Bonchev–Trinajstić information content (AvgIpc) is 3.16. The van der Waals surface area contributed by atoms with Crippen molar-refractivity contribution in [1.29, 1.82) is 0 Å². The lowest BCUT2D eigenvalue weighted by molar-refractivity contribution is -0.316. The van der Waals surface area contributed by atoms with Crippen LogP contribution in [-0.4, -0.2) is 47.2 Å². The van der Waals surface area contributed by atoms with Gasteiger partial charge in [-0.2, -0.15) is 0 Å². The molecule has 1 saturated heterocycles. The molecule has 3 atom stereocenters. The van der Waals surface area contributed by atoms with Crippen LogP contribution in [-0.2, 0) is 25.5 Å². The average molecular weight is 425 g/mol. The van der Waals surface area contributed by atoms with Crippen molar-refractivity contribution in [2.45, 2.75) is 51.2 Å². The number of hydrogen-bond donors (Lipinski definition) is 2. The van der Waals surface area contributed by atoms with Crippen LogP contribution in [0.3, 0.4) is 0 Å². The van der Waals surface area contributed by atoms with E-state index in [2.05, 4.69) is 5.32 Å². The normalized spacial score (nSPS) is 18.6. The third-order valence-corrected chi connectivity index (χ3v) is 5.65.